The highest BCUT2D eigenvalue weighted by Crippen LogP contribution is 2.22. The van der Waals surface area contributed by atoms with Gasteiger partial charge in [-0.2, -0.15) is 0 Å². The zero-order valence-corrected chi connectivity index (χ0v) is 18.9. The van der Waals surface area contributed by atoms with Crippen molar-refractivity contribution in [1.82, 2.24) is 19.6 Å². The van der Waals surface area contributed by atoms with Gasteiger partial charge in [0.2, 0.25) is 0 Å². The predicted molar refractivity (Wildman–Crippen MR) is 128 cm³/mol. The number of hydrogen-bond acceptors (Lipinski definition) is 6. The van der Waals surface area contributed by atoms with Crippen molar-refractivity contribution in [2.24, 2.45) is 9.98 Å². The molecule has 0 radical (unpaired) electrons. The second-order valence-corrected chi connectivity index (χ2v) is 8.44. The van der Waals surface area contributed by atoms with Crippen LogP contribution < -0.4 is 10.2 Å². The highest BCUT2D eigenvalue weighted by molar-refractivity contribution is 6.16. The van der Waals surface area contributed by atoms with E-state index in [0.29, 0.717) is 12.1 Å². The summed E-state index contributed by atoms with van der Waals surface area (Å²) in [6.45, 7) is 6.40. The summed E-state index contributed by atoms with van der Waals surface area (Å²) in [5.41, 5.74) is 4.91. The maximum absolute atomic E-state index is 12.1. The largest absolute Gasteiger partial charge is 0.368 e. The van der Waals surface area contributed by atoms with Crippen LogP contribution in [0.1, 0.15) is 23.8 Å². The normalized spacial score (nSPS) is 20.9. The maximum atomic E-state index is 12.1. The first-order chi connectivity index (χ1) is 16.1. The van der Waals surface area contributed by atoms with Crippen molar-refractivity contribution in [3.63, 3.8) is 0 Å². The fourth-order valence-corrected chi connectivity index (χ4v) is 4.49. The molecule has 3 aliphatic rings. The molecule has 9 nitrogen and oxygen atoms in total. The van der Waals surface area contributed by atoms with Gasteiger partial charge >= 0.3 is 0 Å². The van der Waals surface area contributed by atoms with E-state index >= 15 is 0 Å². The second kappa shape index (κ2) is 8.74. The van der Waals surface area contributed by atoms with Gasteiger partial charge in [-0.3, -0.25) is 19.5 Å². The van der Waals surface area contributed by atoms with Crippen molar-refractivity contribution in [3.8, 4) is 0 Å². The molecule has 9 heteroatoms. The lowest BCUT2D eigenvalue weighted by Crippen LogP contribution is -2.47. The minimum absolute atomic E-state index is 0.125. The Kier molecular flexibility index (Phi) is 5.63. The first-order valence-corrected chi connectivity index (χ1v) is 11.3. The Labute approximate surface area is 192 Å². The average Bonchev–Trinajstić information content (AvgIpc) is 3.27. The summed E-state index contributed by atoms with van der Waals surface area (Å²) in [6.07, 6.45) is 10.3. The molecule has 2 amide bonds. The molecular formula is C24H27N7O2. The standard InChI is InChI=1S/C24H27N7O2/c1-3-17-11-19-20(28-23(17)32)10-16(12-26-19)13-29-6-8-30(9-7-29)18-4-5-21-22(24(33)25-2)27-15-31(21)14-18/h4-5,10-12,14-15,19H,3,6-9,13H2,1-2H3,(H,25,33). The van der Waals surface area contributed by atoms with Crippen molar-refractivity contribution in [3.05, 3.63) is 53.6 Å². The van der Waals surface area contributed by atoms with Gasteiger partial charge in [-0.05, 0) is 36.3 Å². The smallest absolute Gasteiger partial charge is 0.272 e. The first kappa shape index (κ1) is 21.3. The van der Waals surface area contributed by atoms with Gasteiger partial charge in [-0.15, -0.1) is 0 Å². The van der Waals surface area contributed by atoms with Crippen LogP contribution in [0.15, 0.2) is 57.9 Å². The molecule has 0 aliphatic carbocycles. The average molecular weight is 446 g/mol. The Morgan fingerprint density at radius 3 is 2.79 bits per heavy atom. The fraction of sp³-hybridized carbons (Fsp3) is 0.375. The summed E-state index contributed by atoms with van der Waals surface area (Å²) >= 11 is 0. The van der Waals surface area contributed by atoms with E-state index in [0.717, 1.165) is 60.8 Å². The Balaban J connectivity index is 1.21. The number of carbonyl (C=O) groups excluding carboxylic acids is 2. The number of amides is 2. The number of pyridine rings is 1. The minimum atomic E-state index is -0.184. The van der Waals surface area contributed by atoms with Crippen molar-refractivity contribution < 1.29 is 9.59 Å². The van der Waals surface area contributed by atoms with Gasteiger partial charge < -0.3 is 14.6 Å². The lowest BCUT2D eigenvalue weighted by molar-refractivity contribution is -0.114. The topological polar surface area (TPSA) is 94.7 Å². The van der Waals surface area contributed by atoms with Crippen molar-refractivity contribution in [1.29, 1.82) is 0 Å². The molecule has 3 aliphatic heterocycles. The first-order valence-electron chi connectivity index (χ1n) is 11.3. The molecule has 0 saturated carbocycles. The monoisotopic (exact) mass is 445 g/mol. The molecular weight excluding hydrogens is 418 g/mol. The van der Waals surface area contributed by atoms with Gasteiger partial charge in [-0.1, -0.05) is 6.92 Å². The van der Waals surface area contributed by atoms with Crippen LogP contribution in [0, 0.1) is 0 Å². The van der Waals surface area contributed by atoms with Gasteiger partial charge in [0.25, 0.3) is 11.8 Å². The molecule has 5 rings (SSSR count). The van der Waals surface area contributed by atoms with E-state index < -0.39 is 0 Å². The van der Waals surface area contributed by atoms with E-state index in [4.69, 9.17) is 0 Å². The van der Waals surface area contributed by atoms with E-state index in [-0.39, 0.29) is 17.9 Å². The van der Waals surface area contributed by atoms with Crippen LogP contribution in [-0.4, -0.2) is 83.8 Å². The highest BCUT2D eigenvalue weighted by atomic mass is 16.2. The molecule has 1 unspecified atom stereocenters. The number of nitrogens with zero attached hydrogens (tertiary/aromatic N) is 6. The van der Waals surface area contributed by atoms with Gasteiger partial charge in [0.05, 0.1) is 16.9 Å². The van der Waals surface area contributed by atoms with Gasteiger partial charge in [0.15, 0.2) is 5.69 Å². The van der Waals surface area contributed by atoms with Crippen LogP contribution in [0.3, 0.4) is 0 Å². The lowest BCUT2D eigenvalue weighted by Gasteiger charge is -2.36. The molecule has 2 aromatic heterocycles. The number of dihydropyridines is 2. The summed E-state index contributed by atoms with van der Waals surface area (Å²) in [5, 5.41) is 2.63. The number of fused-ring (bicyclic) bond motifs is 2. The van der Waals surface area contributed by atoms with Gasteiger partial charge in [0, 0.05) is 57.8 Å². The number of rotatable bonds is 5. The highest BCUT2D eigenvalue weighted by Gasteiger charge is 2.25. The molecule has 0 bridgehead atoms. The fourth-order valence-electron chi connectivity index (χ4n) is 4.49. The van der Waals surface area contributed by atoms with Crippen molar-refractivity contribution in [2.45, 2.75) is 19.4 Å². The van der Waals surface area contributed by atoms with Crippen LogP contribution in [0.5, 0.6) is 0 Å². The second-order valence-electron chi connectivity index (χ2n) is 8.44. The molecule has 33 heavy (non-hydrogen) atoms. The third-order valence-corrected chi connectivity index (χ3v) is 6.38. The number of anilines is 1. The van der Waals surface area contributed by atoms with Crippen molar-refractivity contribution >= 4 is 34.9 Å². The summed E-state index contributed by atoms with van der Waals surface area (Å²) < 4.78 is 1.90. The molecule has 5 heterocycles. The van der Waals surface area contributed by atoms with Crippen LogP contribution in [0.25, 0.3) is 5.52 Å². The van der Waals surface area contributed by atoms with E-state index in [1.807, 2.05) is 48.0 Å². The predicted octanol–water partition coefficient (Wildman–Crippen LogP) is 1.51. The quantitative estimate of drug-likeness (QED) is 0.753. The molecule has 170 valence electrons. The van der Waals surface area contributed by atoms with Crippen LogP contribution in [-0.2, 0) is 4.79 Å². The summed E-state index contributed by atoms with van der Waals surface area (Å²) in [4.78, 5) is 41.9. The Morgan fingerprint density at radius 1 is 1.21 bits per heavy atom. The summed E-state index contributed by atoms with van der Waals surface area (Å²) in [7, 11) is 1.61. The zero-order chi connectivity index (χ0) is 22.9. The van der Waals surface area contributed by atoms with Gasteiger partial charge in [0.1, 0.15) is 12.4 Å². The number of carbonyl (C=O) groups is 2. The third kappa shape index (κ3) is 4.11. The Morgan fingerprint density at radius 2 is 2.03 bits per heavy atom. The Hall–Kier alpha value is -3.59. The molecule has 1 saturated heterocycles. The summed E-state index contributed by atoms with van der Waals surface area (Å²) in [5.74, 6) is -0.321. The molecule has 1 atom stereocenters. The molecule has 0 aromatic carbocycles. The maximum Gasteiger partial charge on any atom is 0.272 e. The minimum Gasteiger partial charge on any atom is -0.368 e. The number of hydrogen-bond donors (Lipinski definition) is 1. The molecule has 0 spiro atoms. The summed E-state index contributed by atoms with van der Waals surface area (Å²) in [6, 6.07) is 3.87. The molecule has 1 fully saturated rings. The SMILES string of the molecule is CCC1=CC2N=CC(CN3CCN(c4ccc5c(C(=O)NC)ncn5c4)CC3)=CC2=NC1=O. The number of aromatic nitrogens is 2. The molecule has 2 aromatic rings. The van der Waals surface area contributed by atoms with Gasteiger partial charge in [-0.25, -0.2) is 9.98 Å². The number of aliphatic imine (C=N–C) groups is 2. The van der Waals surface area contributed by atoms with E-state index in [1.54, 1.807) is 13.4 Å². The Bertz CT molecular complexity index is 1230. The lowest BCUT2D eigenvalue weighted by atomic mass is 9.98. The van der Waals surface area contributed by atoms with E-state index in [2.05, 4.69) is 30.1 Å². The number of imidazole rings is 1. The van der Waals surface area contributed by atoms with E-state index in [1.165, 1.54) is 0 Å². The number of nitrogens with one attached hydrogen (secondary N) is 1. The van der Waals surface area contributed by atoms with E-state index in [9.17, 15) is 9.59 Å². The zero-order valence-electron chi connectivity index (χ0n) is 18.9. The number of piperazine rings is 1. The van der Waals surface area contributed by atoms with Crippen molar-refractivity contribution in [2.75, 3.05) is 44.7 Å². The van der Waals surface area contributed by atoms with Crippen LogP contribution >= 0.6 is 0 Å². The van der Waals surface area contributed by atoms with Crippen LogP contribution in [0.2, 0.25) is 0 Å². The third-order valence-electron chi connectivity index (χ3n) is 6.38. The van der Waals surface area contributed by atoms with Crippen LogP contribution in [0.4, 0.5) is 5.69 Å². The molecule has 1 N–H and O–H groups in total.